The summed E-state index contributed by atoms with van der Waals surface area (Å²) >= 11 is 0. The van der Waals surface area contributed by atoms with Gasteiger partial charge in [-0.2, -0.15) is 0 Å². The predicted molar refractivity (Wildman–Crippen MR) is 179 cm³/mol. The van der Waals surface area contributed by atoms with E-state index < -0.39 is 0 Å². The van der Waals surface area contributed by atoms with Crippen molar-refractivity contribution in [2.24, 2.45) is 0 Å². The summed E-state index contributed by atoms with van der Waals surface area (Å²) in [6.07, 6.45) is 3.76. The molecule has 0 atom stereocenters. The van der Waals surface area contributed by atoms with Gasteiger partial charge in [0, 0.05) is 12.4 Å². The molecule has 0 bridgehead atoms. The summed E-state index contributed by atoms with van der Waals surface area (Å²) in [7, 11) is 0. The maximum absolute atomic E-state index is 4.27. The standard InChI is InChI=1S/C41H25N/c1-3-10-35-33(8-1)39(34-9-2-4-11-36(34)40(35)31-22-24-42-25-23-31)29-14-12-26(13-15-29)32-20-18-30-17-16-27-6-5-7-28-19-21-37(32)41(30)38(27)28/h1-25H. The summed E-state index contributed by atoms with van der Waals surface area (Å²) in [5.41, 5.74) is 7.46. The zero-order valence-electron chi connectivity index (χ0n) is 22.9. The van der Waals surface area contributed by atoms with Crippen molar-refractivity contribution < 1.29 is 0 Å². The molecule has 1 aromatic heterocycles. The van der Waals surface area contributed by atoms with E-state index in [0.29, 0.717) is 0 Å². The van der Waals surface area contributed by atoms with Crippen LogP contribution in [0.4, 0.5) is 0 Å². The van der Waals surface area contributed by atoms with Crippen molar-refractivity contribution in [3.05, 3.63) is 152 Å². The van der Waals surface area contributed by atoms with Crippen molar-refractivity contribution in [1.29, 1.82) is 0 Å². The van der Waals surface area contributed by atoms with E-state index in [0.717, 1.165) is 0 Å². The minimum Gasteiger partial charge on any atom is -0.265 e. The number of aromatic nitrogens is 1. The maximum Gasteiger partial charge on any atom is 0.0273 e. The number of nitrogens with zero attached hydrogens (tertiary/aromatic N) is 1. The zero-order chi connectivity index (χ0) is 27.6. The second kappa shape index (κ2) is 8.99. The normalized spacial score (nSPS) is 11.8. The van der Waals surface area contributed by atoms with Crippen LogP contribution in [0.25, 0.3) is 87.2 Å². The zero-order valence-corrected chi connectivity index (χ0v) is 22.9. The van der Waals surface area contributed by atoms with Crippen molar-refractivity contribution in [3.63, 3.8) is 0 Å². The monoisotopic (exact) mass is 531 g/mol. The van der Waals surface area contributed by atoms with Gasteiger partial charge in [0.25, 0.3) is 0 Å². The molecule has 1 heteroatoms. The summed E-state index contributed by atoms with van der Waals surface area (Å²) in [6.45, 7) is 0. The topological polar surface area (TPSA) is 12.9 Å². The van der Waals surface area contributed by atoms with Crippen LogP contribution in [-0.4, -0.2) is 4.98 Å². The Morgan fingerprint density at radius 3 is 1.38 bits per heavy atom. The van der Waals surface area contributed by atoms with Gasteiger partial charge in [0.2, 0.25) is 0 Å². The third-order valence-corrected chi connectivity index (χ3v) is 8.91. The lowest BCUT2D eigenvalue weighted by molar-refractivity contribution is 1.33. The van der Waals surface area contributed by atoms with E-state index in [9.17, 15) is 0 Å². The number of pyridine rings is 1. The van der Waals surface area contributed by atoms with Crippen molar-refractivity contribution in [3.8, 4) is 33.4 Å². The molecule has 42 heavy (non-hydrogen) atoms. The van der Waals surface area contributed by atoms with E-state index in [-0.39, 0.29) is 0 Å². The fourth-order valence-electron chi connectivity index (χ4n) is 7.07. The first-order valence-corrected chi connectivity index (χ1v) is 14.5. The minimum absolute atomic E-state index is 1.19. The average molecular weight is 532 g/mol. The molecule has 1 heterocycles. The van der Waals surface area contributed by atoms with Gasteiger partial charge < -0.3 is 0 Å². The number of rotatable bonds is 3. The smallest absolute Gasteiger partial charge is 0.0273 e. The van der Waals surface area contributed by atoms with E-state index >= 15 is 0 Å². The SMILES string of the molecule is c1cc2ccc3ccc(-c4ccc(-c5c6ccccc6c(-c6ccncc6)c6ccccc56)cc4)c4ccc(c1)c2c34. The molecule has 0 saturated heterocycles. The Morgan fingerprint density at radius 2 is 0.786 bits per heavy atom. The molecule has 0 saturated carbocycles. The van der Waals surface area contributed by atoms with Crippen LogP contribution in [-0.2, 0) is 0 Å². The molecular formula is C41H25N. The summed E-state index contributed by atoms with van der Waals surface area (Å²) in [5.74, 6) is 0. The van der Waals surface area contributed by atoms with Crippen molar-refractivity contribution in [2.45, 2.75) is 0 Å². The molecule has 0 unspecified atom stereocenters. The lowest BCUT2D eigenvalue weighted by Gasteiger charge is -2.18. The van der Waals surface area contributed by atoms with Gasteiger partial charge in [-0.25, -0.2) is 0 Å². The van der Waals surface area contributed by atoms with Gasteiger partial charge in [0.15, 0.2) is 0 Å². The van der Waals surface area contributed by atoms with Crippen molar-refractivity contribution in [1.82, 2.24) is 4.98 Å². The van der Waals surface area contributed by atoms with Crippen LogP contribution in [0.5, 0.6) is 0 Å². The summed E-state index contributed by atoms with van der Waals surface area (Å²) < 4.78 is 0. The average Bonchev–Trinajstić information content (AvgIpc) is 3.06. The van der Waals surface area contributed by atoms with E-state index in [1.165, 1.54) is 87.2 Å². The molecule has 9 rings (SSSR count). The third kappa shape index (κ3) is 3.34. The summed E-state index contributed by atoms with van der Waals surface area (Å²) in [5, 5.41) is 13.0. The van der Waals surface area contributed by atoms with Gasteiger partial charge in [0.05, 0.1) is 0 Å². The Morgan fingerprint density at radius 1 is 0.310 bits per heavy atom. The van der Waals surface area contributed by atoms with Gasteiger partial charge in [-0.1, -0.05) is 127 Å². The first-order valence-electron chi connectivity index (χ1n) is 14.5. The lowest BCUT2D eigenvalue weighted by atomic mass is 9.85. The Bertz CT molecular complexity index is 2360. The predicted octanol–water partition coefficient (Wildman–Crippen LogP) is 11.3. The van der Waals surface area contributed by atoms with E-state index in [2.05, 4.69) is 145 Å². The van der Waals surface area contributed by atoms with Gasteiger partial charge in [-0.05, 0) is 99.4 Å². The molecule has 0 radical (unpaired) electrons. The minimum atomic E-state index is 1.19. The van der Waals surface area contributed by atoms with Crippen LogP contribution in [0.15, 0.2) is 152 Å². The summed E-state index contributed by atoms with van der Waals surface area (Å²) in [6, 6.07) is 51.2. The molecular weight excluding hydrogens is 506 g/mol. The fourth-order valence-corrected chi connectivity index (χ4v) is 7.07. The summed E-state index contributed by atoms with van der Waals surface area (Å²) in [4.78, 5) is 4.27. The van der Waals surface area contributed by atoms with Crippen LogP contribution < -0.4 is 0 Å². The van der Waals surface area contributed by atoms with Crippen LogP contribution in [0.2, 0.25) is 0 Å². The number of hydrogen-bond acceptors (Lipinski definition) is 1. The van der Waals surface area contributed by atoms with Crippen molar-refractivity contribution >= 4 is 53.9 Å². The molecule has 9 aromatic rings. The second-order valence-electron chi connectivity index (χ2n) is 11.1. The number of hydrogen-bond donors (Lipinski definition) is 0. The quantitative estimate of drug-likeness (QED) is 0.163. The van der Waals surface area contributed by atoms with E-state index in [1.54, 1.807) is 0 Å². The van der Waals surface area contributed by atoms with Gasteiger partial charge in [-0.15, -0.1) is 0 Å². The van der Waals surface area contributed by atoms with E-state index in [1.807, 2.05) is 12.4 Å². The first-order chi connectivity index (χ1) is 20.8. The largest absolute Gasteiger partial charge is 0.265 e. The van der Waals surface area contributed by atoms with E-state index in [4.69, 9.17) is 0 Å². The highest BCUT2D eigenvalue weighted by Gasteiger charge is 2.17. The Kier molecular flexibility index (Phi) is 4.97. The van der Waals surface area contributed by atoms with Crippen LogP contribution in [0.3, 0.4) is 0 Å². The maximum atomic E-state index is 4.27. The molecule has 0 N–H and O–H groups in total. The molecule has 0 aliphatic carbocycles. The molecule has 194 valence electrons. The van der Waals surface area contributed by atoms with Crippen LogP contribution in [0.1, 0.15) is 0 Å². The van der Waals surface area contributed by atoms with Gasteiger partial charge >= 0.3 is 0 Å². The highest BCUT2D eigenvalue weighted by Crippen LogP contribution is 2.44. The Labute approximate surface area is 243 Å². The number of benzene rings is 8. The van der Waals surface area contributed by atoms with Gasteiger partial charge in [-0.3, -0.25) is 4.98 Å². The third-order valence-electron chi connectivity index (χ3n) is 8.91. The highest BCUT2D eigenvalue weighted by molar-refractivity contribution is 6.25. The molecule has 0 aliphatic rings. The fraction of sp³-hybridized carbons (Fsp3) is 0. The second-order valence-corrected chi connectivity index (χ2v) is 11.1. The molecule has 0 spiro atoms. The molecule has 0 amide bonds. The Hall–Kier alpha value is -5.53. The molecule has 1 nitrogen and oxygen atoms in total. The highest BCUT2D eigenvalue weighted by atomic mass is 14.6. The van der Waals surface area contributed by atoms with Crippen LogP contribution in [0, 0.1) is 0 Å². The first kappa shape index (κ1) is 23.2. The van der Waals surface area contributed by atoms with Gasteiger partial charge in [0.1, 0.15) is 0 Å². The molecule has 0 aliphatic heterocycles. The number of fused-ring (bicyclic) bond motifs is 2. The van der Waals surface area contributed by atoms with Crippen molar-refractivity contribution in [2.75, 3.05) is 0 Å². The Balaban J connectivity index is 1.26. The lowest BCUT2D eigenvalue weighted by Crippen LogP contribution is -1.91. The molecule has 0 fully saturated rings. The molecule has 8 aromatic carbocycles. The van der Waals surface area contributed by atoms with Crippen LogP contribution >= 0.6 is 0 Å².